The number of fused-ring (bicyclic) bond motifs is 1. The summed E-state index contributed by atoms with van der Waals surface area (Å²) in [5.74, 6) is 0.553. The summed E-state index contributed by atoms with van der Waals surface area (Å²) in [6.07, 6.45) is 2.59. The number of halogens is 1. The van der Waals surface area contributed by atoms with Crippen LogP contribution >= 0.6 is 11.6 Å². The summed E-state index contributed by atoms with van der Waals surface area (Å²) in [7, 11) is 0. The number of nitrogens with one attached hydrogen (secondary N) is 1. The molecule has 5 nitrogen and oxygen atoms in total. The van der Waals surface area contributed by atoms with Gasteiger partial charge in [0.2, 0.25) is 0 Å². The molecular formula is C22H20ClN3O2. The summed E-state index contributed by atoms with van der Waals surface area (Å²) in [5.41, 5.74) is 3.96. The Morgan fingerprint density at radius 1 is 1.11 bits per heavy atom. The monoisotopic (exact) mass is 393 g/mol. The molecule has 28 heavy (non-hydrogen) atoms. The van der Waals surface area contributed by atoms with Crippen molar-refractivity contribution in [2.24, 2.45) is 0 Å². The van der Waals surface area contributed by atoms with Crippen LogP contribution in [0.4, 0.5) is 10.5 Å². The Kier molecular flexibility index (Phi) is 5.44. The Morgan fingerprint density at radius 2 is 1.93 bits per heavy atom. The summed E-state index contributed by atoms with van der Waals surface area (Å²) in [5, 5.41) is 3.36. The van der Waals surface area contributed by atoms with Gasteiger partial charge in [-0.1, -0.05) is 41.9 Å². The lowest BCUT2D eigenvalue weighted by molar-refractivity contribution is 0.206. The molecule has 0 saturated carbocycles. The van der Waals surface area contributed by atoms with Gasteiger partial charge in [-0.2, -0.15) is 0 Å². The van der Waals surface area contributed by atoms with E-state index in [9.17, 15) is 4.79 Å². The van der Waals surface area contributed by atoms with Crippen LogP contribution in [-0.2, 0) is 19.6 Å². The first-order valence-electron chi connectivity index (χ1n) is 9.14. The van der Waals surface area contributed by atoms with Gasteiger partial charge in [-0.3, -0.25) is 4.98 Å². The summed E-state index contributed by atoms with van der Waals surface area (Å²) >= 11 is 6.32. The molecule has 0 spiro atoms. The number of anilines is 1. The first-order chi connectivity index (χ1) is 13.7. The summed E-state index contributed by atoms with van der Waals surface area (Å²) < 4.78 is 5.72. The highest BCUT2D eigenvalue weighted by Gasteiger charge is 2.20. The number of pyridine rings is 1. The molecule has 4 rings (SSSR count). The molecule has 2 heterocycles. The number of benzene rings is 2. The first-order valence-corrected chi connectivity index (χ1v) is 9.52. The summed E-state index contributed by atoms with van der Waals surface area (Å²) in [6, 6.07) is 19.0. The molecule has 1 aliphatic heterocycles. The molecule has 1 N–H and O–H groups in total. The number of ether oxygens (including phenoxy) is 1. The van der Waals surface area contributed by atoms with Crippen molar-refractivity contribution in [2.75, 3.05) is 11.9 Å². The number of hydrogen-bond donors (Lipinski definition) is 1. The van der Waals surface area contributed by atoms with Gasteiger partial charge in [-0.05, 0) is 47.9 Å². The fourth-order valence-corrected chi connectivity index (χ4v) is 3.44. The van der Waals surface area contributed by atoms with E-state index < -0.39 is 0 Å². The van der Waals surface area contributed by atoms with Gasteiger partial charge in [0.25, 0.3) is 0 Å². The zero-order chi connectivity index (χ0) is 19.3. The fraction of sp³-hybridized carbons (Fsp3) is 0.182. The van der Waals surface area contributed by atoms with Gasteiger partial charge in [0, 0.05) is 25.0 Å². The highest BCUT2D eigenvalue weighted by Crippen LogP contribution is 2.29. The Hall–Kier alpha value is -3.05. The van der Waals surface area contributed by atoms with E-state index >= 15 is 0 Å². The average Bonchev–Trinajstić information content (AvgIpc) is 2.73. The van der Waals surface area contributed by atoms with Crippen molar-refractivity contribution >= 4 is 23.3 Å². The van der Waals surface area contributed by atoms with E-state index in [2.05, 4.69) is 22.4 Å². The van der Waals surface area contributed by atoms with E-state index in [1.165, 1.54) is 11.1 Å². The molecule has 2 aromatic carbocycles. The lowest BCUT2D eigenvalue weighted by Crippen LogP contribution is -2.38. The first kappa shape index (κ1) is 18.3. The van der Waals surface area contributed by atoms with Crippen LogP contribution in [0.25, 0.3) is 0 Å². The third-order valence-corrected chi connectivity index (χ3v) is 5.00. The van der Waals surface area contributed by atoms with Crippen molar-refractivity contribution in [3.8, 4) is 5.75 Å². The molecule has 142 valence electrons. The normalized spacial score (nSPS) is 13.0. The van der Waals surface area contributed by atoms with Crippen LogP contribution < -0.4 is 10.1 Å². The molecule has 0 aliphatic carbocycles. The van der Waals surface area contributed by atoms with Crippen LogP contribution in [0, 0.1) is 0 Å². The van der Waals surface area contributed by atoms with Gasteiger partial charge in [0.15, 0.2) is 0 Å². The topological polar surface area (TPSA) is 54.5 Å². The highest BCUT2D eigenvalue weighted by molar-refractivity contribution is 6.32. The number of amides is 2. The van der Waals surface area contributed by atoms with E-state index in [4.69, 9.17) is 16.3 Å². The minimum Gasteiger partial charge on any atom is -0.486 e. The molecular weight excluding hydrogens is 374 g/mol. The maximum atomic E-state index is 12.6. The zero-order valence-corrected chi connectivity index (χ0v) is 16.0. The number of carbonyl (C=O) groups excluding carboxylic acids is 1. The average molecular weight is 394 g/mol. The second kappa shape index (κ2) is 8.31. The Bertz CT molecular complexity index is 979. The minimum atomic E-state index is -0.132. The Morgan fingerprint density at radius 3 is 2.71 bits per heavy atom. The molecule has 3 aromatic rings. The van der Waals surface area contributed by atoms with Crippen molar-refractivity contribution in [3.63, 3.8) is 0 Å². The molecule has 0 radical (unpaired) electrons. The zero-order valence-electron chi connectivity index (χ0n) is 15.3. The molecule has 0 atom stereocenters. The van der Waals surface area contributed by atoms with Crippen molar-refractivity contribution < 1.29 is 9.53 Å². The molecule has 6 heteroatoms. The highest BCUT2D eigenvalue weighted by atomic mass is 35.5. The molecule has 0 fully saturated rings. The number of carbonyl (C=O) groups is 1. The number of aromatic nitrogens is 1. The number of hydrogen-bond acceptors (Lipinski definition) is 3. The van der Waals surface area contributed by atoms with E-state index in [-0.39, 0.29) is 6.03 Å². The lowest BCUT2D eigenvalue weighted by atomic mass is 10.0. The maximum Gasteiger partial charge on any atom is 0.322 e. The summed E-state index contributed by atoms with van der Waals surface area (Å²) in [4.78, 5) is 18.6. The van der Waals surface area contributed by atoms with Crippen LogP contribution in [0.2, 0.25) is 5.02 Å². The fourth-order valence-electron chi connectivity index (χ4n) is 3.20. The maximum absolute atomic E-state index is 12.6. The predicted octanol–water partition coefficient (Wildman–Crippen LogP) is 4.90. The number of rotatable bonds is 4. The largest absolute Gasteiger partial charge is 0.486 e. The quantitative estimate of drug-likeness (QED) is 0.685. The number of nitrogens with zero attached hydrogens (tertiary/aromatic N) is 2. The Balaban J connectivity index is 1.37. The van der Waals surface area contributed by atoms with Crippen LogP contribution in [0.5, 0.6) is 5.75 Å². The minimum absolute atomic E-state index is 0.132. The van der Waals surface area contributed by atoms with E-state index in [0.29, 0.717) is 36.2 Å². The van der Waals surface area contributed by atoms with E-state index in [0.717, 1.165) is 12.1 Å². The van der Waals surface area contributed by atoms with Crippen LogP contribution in [-0.4, -0.2) is 22.5 Å². The second-order valence-electron chi connectivity index (χ2n) is 6.63. The molecule has 0 saturated heterocycles. The molecule has 0 bridgehead atoms. The third-order valence-electron chi connectivity index (χ3n) is 4.70. The van der Waals surface area contributed by atoms with Crippen LogP contribution in [0.3, 0.4) is 0 Å². The molecule has 0 unspecified atom stereocenters. The van der Waals surface area contributed by atoms with Gasteiger partial charge in [-0.15, -0.1) is 0 Å². The van der Waals surface area contributed by atoms with Crippen molar-refractivity contribution in [2.45, 2.75) is 19.6 Å². The molecule has 2 amide bonds. The van der Waals surface area contributed by atoms with Crippen LogP contribution in [0.1, 0.15) is 16.8 Å². The van der Waals surface area contributed by atoms with Gasteiger partial charge in [0.1, 0.15) is 12.4 Å². The van der Waals surface area contributed by atoms with Crippen molar-refractivity contribution in [1.82, 2.24) is 9.88 Å². The standard InChI is InChI=1S/C22H20ClN3O2/c23-20-13-18(8-9-21(20)28-15-19-7-3-4-11-24-19)25-22(27)26-12-10-16-5-1-2-6-17(16)14-26/h1-9,11,13H,10,12,14-15H2,(H,25,27). The van der Waals surface area contributed by atoms with E-state index in [1.54, 1.807) is 24.4 Å². The van der Waals surface area contributed by atoms with Crippen molar-refractivity contribution in [3.05, 3.63) is 88.7 Å². The third kappa shape index (κ3) is 4.26. The van der Waals surface area contributed by atoms with Crippen molar-refractivity contribution in [1.29, 1.82) is 0 Å². The predicted molar refractivity (Wildman–Crippen MR) is 110 cm³/mol. The molecule has 1 aromatic heterocycles. The van der Waals surface area contributed by atoms with Gasteiger partial charge < -0.3 is 15.0 Å². The van der Waals surface area contributed by atoms with E-state index in [1.807, 2.05) is 35.2 Å². The van der Waals surface area contributed by atoms with Gasteiger partial charge >= 0.3 is 6.03 Å². The van der Waals surface area contributed by atoms with Gasteiger partial charge in [0.05, 0.1) is 10.7 Å². The smallest absolute Gasteiger partial charge is 0.322 e. The number of urea groups is 1. The van der Waals surface area contributed by atoms with Gasteiger partial charge in [-0.25, -0.2) is 4.79 Å². The molecule has 1 aliphatic rings. The SMILES string of the molecule is O=C(Nc1ccc(OCc2ccccn2)c(Cl)c1)N1CCc2ccccc2C1. The Labute approximate surface area is 168 Å². The summed E-state index contributed by atoms with van der Waals surface area (Å²) in [6.45, 7) is 1.64. The second-order valence-corrected chi connectivity index (χ2v) is 7.03. The lowest BCUT2D eigenvalue weighted by Gasteiger charge is -2.29. The van der Waals surface area contributed by atoms with Crippen LogP contribution in [0.15, 0.2) is 66.9 Å².